The van der Waals surface area contributed by atoms with Crippen molar-refractivity contribution in [1.29, 1.82) is 0 Å². The largest absolute Gasteiger partial charge is 0.313 e. The molecule has 2 aliphatic rings. The first-order chi connectivity index (χ1) is 9.25. The maximum Gasteiger partial charge on any atom is 0.0113 e. The van der Waals surface area contributed by atoms with Crippen molar-refractivity contribution < 1.29 is 0 Å². The van der Waals surface area contributed by atoms with Crippen LogP contribution >= 0.6 is 0 Å². The molecule has 19 heavy (non-hydrogen) atoms. The van der Waals surface area contributed by atoms with Gasteiger partial charge < -0.3 is 15.1 Å². The second-order valence-corrected chi connectivity index (χ2v) is 6.68. The molecule has 1 aliphatic carbocycles. The second-order valence-electron chi connectivity index (χ2n) is 6.68. The predicted octanol–water partition coefficient (Wildman–Crippen LogP) is 2.32. The Morgan fingerprint density at radius 3 is 2.16 bits per heavy atom. The lowest BCUT2D eigenvalue weighted by Crippen LogP contribution is -2.44. The van der Waals surface area contributed by atoms with E-state index < -0.39 is 0 Å². The van der Waals surface area contributed by atoms with Gasteiger partial charge in [0.1, 0.15) is 0 Å². The fourth-order valence-electron chi connectivity index (χ4n) is 3.57. The van der Waals surface area contributed by atoms with Gasteiger partial charge in [0.25, 0.3) is 0 Å². The summed E-state index contributed by atoms with van der Waals surface area (Å²) in [5.41, 5.74) is 0. The number of nitrogens with zero attached hydrogens (tertiary/aromatic N) is 2. The van der Waals surface area contributed by atoms with E-state index in [1.165, 1.54) is 77.5 Å². The third-order valence-electron chi connectivity index (χ3n) is 5.00. The van der Waals surface area contributed by atoms with Crippen molar-refractivity contribution in [1.82, 2.24) is 15.1 Å². The molecular weight excluding hydrogens is 234 g/mol. The number of piperidine rings is 1. The molecule has 0 aromatic rings. The quantitative estimate of drug-likeness (QED) is 0.771. The smallest absolute Gasteiger partial charge is 0.0113 e. The first kappa shape index (κ1) is 15.3. The molecule has 0 bridgehead atoms. The fraction of sp³-hybridized carbons (Fsp3) is 1.00. The highest BCUT2D eigenvalue weighted by molar-refractivity contribution is 4.78. The van der Waals surface area contributed by atoms with E-state index in [2.05, 4.69) is 29.2 Å². The minimum Gasteiger partial charge on any atom is -0.313 e. The summed E-state index contributed by atoms with van der Waals surface area (Å²) in [5, 5.41) is 3.79. The summed E-state index contributed by atoms with van der Waals surface area (Å²) in [7, 11) is 4.43. The van der Waals surface area contributed by atoms with Crippen LogP contribution in [0.1, 0.15) is 51.4 Å². The molecule has 3 heteroatoms. The van der Waals surface area contributed by atoms with Crippen LogP contribution in [0.4, 0.5) is 0 Å². The summed E-state index contributed by atoms with van der Waals surface area (Å²) in [6.45, 7) is 5.01. The lowest BCUT2D eigenvalue weighted by atomic mass is 10.0. The lowest BCUT2D eigenvalue weighted by Gasteiger charge is -2.35. The van der Waals surface area contributed by atoms with Gasteiger partial charge >= 0.3 is 0 Å². The Morgan fingerprint density at radius 1 is 0.947 bits per heavy atom. The van der Waals surface area contributed by atoms with Gasteiger partial charge in [-0.2, -0.15) is 0 Å². The summed E-state index contributed by atoms with van der Waals surface area (Å²) >= 11 is 0. The zero-order valence-electron chi connectivity index (χ0n) is 13.0. The standard InChI is InChI=1S/C16H33N3/c1-18(2)16-9-12-19(13-10-16)14-11-17-15-7-5-3-4-6-8-15/h15-17H,3-14H2,1-2H3. The molecule has 2 rings (SSSR count). The minimum atomic E-state index is 0.807. The maximum absolute atomic E-state index is 3.79. The van der Waals surface area contributed by atoms with Crippen molar-refractivity contribution in [3.63, 3.8) is 0 Å². The second kappa shape index (κ2) is 8.23. The molecule has 0 spiro atoms. The van der Waals surface area contributed by atoms with Gasteiger partial charge in [0, 0.05) is 25.2 Å². The van der Waals surface area contributed by atoms with Crippen LogP contribution in [-0.4, -0.2) is 62.2 Å². The summed E-state index contributed by atoms with van der Waals surface area (Å²) in [6, 6.07) is 1.62. The van der Waals surface area contributed by atoms with Gasteiger partial charge in [-0.25, -0.2) is 0 Å². The van der Waals surface area contributed by atoms with Crippen LogP contribution in [0, 0.1) is 0 Å². The number of likely N-dealkylation sites (tertiary alicyclic amines) is 1. The van der Waals surface area contributed by atoms with Crippen molar-refractivity contribution >= 4 is 0 Å². The Labute approximate surface area is 119 Å². The van der Waals surface area contributed by atoms with Crippen LogP contribution in [-0.2, 0) is 0 Å². The van der Waals surface area contributed by atoms with Crippen LogP contribution in [0.3, 0.4) is 0 Å². The van der Waals surface area contributed by atoms with E-state index >= 15 is 0 Å². The molecule has 3 nitrogen and oxygen atoms in total. The third kappa shape index (κ3) is 5.41. The first-order valence-corrected chi connectivity index (χ1v) is 8.38. The highest BCUT2D eigenvalue weighted by Crippen LogP contribution is 2.17. The highest BCUT2D eigenvalue weighted by atomic mass is 15.2. The molecule has 0 amide bonds. The van der Waals surface area contributed by atoms with Gasteiger partial charge in [-0.3, -0.25) is 0 Å². The molecule has 2 fully saturated rings. The predicted molar refractivity (Wildman–Crippen MR) is 82.6 cm³/mol. The van der Waals surface area contributed by atoms with Crippen LogP contribution in [0.25, 0.3) is 0 Å². The fourth-order valence-corrected chi connectivity index (χ4v) is 3.57. The molecule has 1 aliphatic heterocycles. The van der Waals surface area contributed by atoms with E-state index in [-0.39, 0.29) is 0 Å². The van der Waals surface area contributed by atoms with E-state index in [1.54, 1.807) is 0 Å². The first-order valence-electron chi connectivity index (χ1n) is 8.38. The van der Waals surface area contributed by atoms with E-state index in [4.69, 9.17) is 0 Å². The number of nitrogens with one attached hydrogen (secondary N) is 1. The van der Waals surface area contributed by atoms with Crippen molar-refractivity contribution in [2.75, 3.05) is 40.3 Å². The molecule has 0 aromatic heterocycles. The Kier molecular flexibility index (Phi) is 6.62. The number of hydrogen-bond donors (Lipinski definition) is 1. The van der Waals surface area contributed by atoms with E-state index in [9.17, 15) is 0 Å². The molecule has 0 unspecified atom stereocenters. The van der Waals surface area contributed by atoms with Crippen LogP contribution in [0.2, 0.25) is 0 Å². The molecule has 1 saturated carbocycles. The molecule has 0 atom stereocenters. The topological polar surface area (TPSA) is 18.5 Å². The normalized spacial score (nSPS) is 24.8. The summed E-state index contributed by atoms with van der Waals surface area (Å²) in [5.74, 6) is 0. The zero-order valence-corrected chi connectivity index (χ0v) is 13.0. The van der Waals surface area contributed by atoms with Crippen molar-refractivity contribution in [3.05, 3.63) is 0 Å². The van der Waals surface area contributed by atoms with Gasteiger partial charge in [-0.05, 0) is 52.9 Å². The summed E-state index contributed by atoms with van der Waals surface area (Å²) in [6.07, 6.45) is 11.3. The van der Waals surface area contributed by atoms with Crippen molar-refractivity contribution in [3.8, 4) is 0 Å². The Morgan fingerprint density at radius 2 is 1.58 bits per heavy atom. The molecule has 0 radical (unpaired) electrons. The number of hydrogen-bond acceptors (Lipinski definition) is 3. The van der Waals surface area contributed by atoms with Gasteiger partial charge in [0.05, 0.1) is 0 Å². The highest BCUT2D eigenvalue weighted by Gasteiger charge is 2.20. The van der Waals surface area contributed by atoms with Gasteiger partial charge in [-0.15, -0.1) is 0 Å². The molecule has 0 aromatic carbocycles. The SMILES string of the molecule is CN(C)C1CCN(CCNC2CCCCCC2)CC1. The summed E-state index contributed by atoms with van der Waals surface area (Å²) < 4.78 is 0. The Hall–Kier alpha value is -0.120. The van der Waals surface area contributed by atoms with Crippen LogP contribution in [0.5, 0.6) is 0 Å². The van der Waals surface area contributed by atoms with E-state index in [1.807, 2.05) is 0 Å². The molecule has 1 N–H and O–H groups in total. The van der Waals surface area contributed by atoms with Gasteiger partial charge in [0.2, 0.25) is 0 Å². The Bertz CT molecular complexity index is 226. The van der Waals surface area contributed by atoms with E-state index in [0.717, 1.165) is 12.1 Å². The monoisotopic (exact) mass is 267 g/mol. The minimum absolute atomic E-state index is 0.807. The molecule has 1 saturated heterocycles. The van der Waals surface area contributed by atoms with Crippen molar-refractivity contribution in [2.45, 2.75) is 63.5 Å². The lowest BCUT2D eigenvalue weighted by molar-refractivity contribution is 0.144. The maximum atomic E-state index is 3.79. The van der Waals surface area contributed by atoms with E-state index in [0.29, 0.717) is 0 Å². The summed E-state index contributed by atoms with van der Waals surface area (Å²) in [4.78, 5) is 5.03. The average molecular weight is 267 g/mol. The molecule has 112 valence electrons. The van der Waals surface area contributed by atoms with Crippen LogP contribution < -0.4 is 5.32 Å². The van der Waals surface area contributed by atoms with Gasteiger partial charge in [0.15, 0.2) is 0 Å². The van der Waals surface area contributed by atoms with Crippen molar-refractivity contribution in [2.24, 2.45) is 0 Å². The third-order valence-corrected chi connectivity index (χ3v) is 5.00. The molecule has 1 heterocycles. The molecular formula is C16H33N3. The number of rotatable bonds is 5. The average Bonchev–Trinajstić information content (AvgIpc) is 2.68. The van der Waals surface area contributed by atoms with Crippen LogP contribution in [0.15, 0.2) is 0 Å². The zero-order chi connectivity index (χ0) is 13.5. The van der Waals surface area contributed by atoms with Gasteiger partial charge in [-0.1, -0.05) is 25.7 Å². The Balaban J connectivity index is 1.56.